The van der Waals surface area contributed by atoms with Crippen LogP contribution in [0.25, 0.3) is 5.65 Å². The number of aromatic nitrogens is 4. The number of aryl methyl sites for hydroxylation is 1. The Morgan fingerprint density at radius 3 is 2.74 bits per heavy atom. The number of hydrogen-bond donors (Lipinski definition) is 4. The van der Waals surface area contributed by atoms with Crippen LogP contribution in [0.15, 0.2) is 10.9 Å². The van der Waals surface area contributed by atoms with Crippen molar-refractivity contribution in [2.24, 2.45) is 0 Å². The highest BCUT2D eigenvalue weighted by molar-refractivity contribution is 5.51. The van der Waals surface area contributed by atoms with Crippen molar-refractivity contribution < 1.29 is 10.2 Å². The molecule has 0 atom stereocenters. The van der Waals surface area contributed by atoms with Crippen molar-refractivity contribution in [3.63, 3.8) is 0 Å². The summed E-state index contributed by atoms with van der Waals surface area (Å²) in [7, 11) is 0. The van der Waals surface area contributed by atoms with Gasteiger partial charge < -0.3 is 15.5 Å². The van der Waals surface area contributed by atoms with Gasteiger partial charge in [0.15, 0.2) is 5.65 Å². The molecule has 0 bridgehead atoms. The third kappa shape index (κ3) is 2.32. The van der Waals surface area contributed by atoms with Crippen LogP contribution in [0.2, 0.25) is 0 Å². The van der Waals surface area contributed by atoms with Gasteiger partial charge >= 0.3 is 5.69 Å². The van der Waals surface area contributed by atoms with Crippen molar-refractivity contribution in [2.45, 2.75) is 25.8 Å². The SMILES string of the molecule is CCC(CO)(CO)Nc1cc2n[nH]c(=O)n2c(C)n1. The Morgan fingerprint density at radius 2 is 2.16 bits per heavy atom. The third-order valence-electron chi connectivity index (χ3n) is 3.25. The molecule has 2 aromatic rings. The van der Waals surface area contributed by atoms with Crippen molar-refractivity contribution in [3.05, 3.63) is 22.4 Å². The lowest BCUT2D eigenvalue weighted by Gasteiger charge is -2.30. The van der Waals surface area contributed by atoms with Crippen molar-refractivity contribution in [3.8, 4) is 0 Å². The number of aromatic amines is 1. The van der Waals surface area contributed by atoms with E-state index < -0.39 is 5.54 Å². The van der Waals surface area contributed by atoms with Crippen LogP contribution in [0.4, 0.5) is 5.82 Å². The highest BCUT2D eigenvalue weighted by atomic mass is 16.3. The number of aliphatic hydroxyl groups is 2. The van der Waals surface area contributed by atoms with Gasteiger partial charge in [-0.25, -0.2) is 19.3 Å². The minimum Gasteiger partial charge on any atom is -0.394 e. The molecule has 0 saturated carbocycles. The average molecular weight is 267 g/mol. The molecular weight excluding hydrogens is 250 g/mol. The smallest absolute Gasteiger partial charge is 0.349 e. The Morgan fingerprint density at radius 1 is 1.47 bits per heavy atom. The molecule has 104 valence electrons. The molecule has 19 heavy (non-hydrogen) atoms. The summed E-state index contributed by atoms with van der Waals surface area (Å²) >= 11 is 0. The molecule has 0 aromatic carbocycles. The Labute approximate surface area is 109 Å². The van der Waals surface area contributed by atoms with Gasteiger partial charge in [0.05, 0.1) is 18.8 Å². The molecule has 8 nitrogen and oxygen atoms in total. The van der Waals surface area contributed by atoms with Gasteiger partial charge in [0.1, 0.15) is 11.6 Å². The van der Waals surface area contributed by atoms with E-state index in [0.717, 1.165) is 0 Å². The number of nitrogens with one attached hydrogen (secondary N) is 2. The van der Waals surface area contributed by atoms with Gasteiger partial charge in [-0.3, -0.25) is 0 Å². The first-order valence-corrected chi connectivity index (χ1v) is 6.00. The van der Waals surface area contributed by atoms with E-state index in [4.69, 9.17) is 0 Å². The van der Waals surface area contributed by atoms with E-state index in [0.29, 0.717) is 23.7 Å². The standard InChI is InChI=1S/C11H17N5O3/c1-3-11(5-17,6-18)13-8-4-9-14-15-10(19)16(9)7(2)12-8/h4,13,17-18H,3,5-6H2,1-2H3,(H,15,19). The van der Waals surface area contributed by atoms with E-state index in [9.17, 15) is 15.0 Å². The molecule has 2 heterocycles. The van der Waals surface area contributed by atoms with Gasteiger partial charge in [0.25, 0.3) is 0 Å². The lowest BCUT2D eigenvalue weighted by molar-refractivity contribution is 0.132. The first kappa shape index (κ1) is 13.5. The molecule has 0 aliphatic carbocycles. The second-order valence-corrected chi connectivity index (χ2v) is 4.49. The largest absolute Gasteiger partial charge is 0.394 e. The molecule has 0 saturated heterocycles. The molecule has 2 rings (SSSR count). The summed E-state index contributed by atoms with van der Waals surface area (Å²) in [6.07, 6.45) is 0.527. The van der Waals surface area contributed by atoms with Gasteiger partial charge in [0.2, 0.25) is 0 Å². The molecule has 0 amide bonds. The molecule has 2 aromatic heterocycles. The number of anilines is 1. The lowest BCUT2D eigenvalue weighted by atomic mass is 9.98. The molecule has 0 spiro atoms. The van der Waals surface area contributed by atoms with Crippen LogP contribution in [0.5, 0.6) is 0 Å². The second-order valence-electron chi connectivity index (χ2n) is 4.49. The third-order valence-corrected chi connectivity index (χ3v) is 3.25. The fourth-order valence-electron chi connectivity index (χ4n) is 1.87. The zero-order chi connectivity index (χ0) is 14.0. The topological polar surface area (TPSA) is 116 Å². The van der Waals surface area contributed by atoms with E-state index in [1.54, 1.807) is 13.0 Å². The summed E-state index contributed by atoms with van der Waals surface area (Å²) in [5, 5.41) is 28.0. The zero-order valence-corrected chi connectivity index (χ0v) is 10.8. The molecular formula is C11H17N5O3. The molecule has 0 aliphatic rings. The summed E-state index contributed by atoms with van der Waals surface area (Å²) in [6.45, 7) is 3.09. The monoisotopic (exact) mass is 267 g/mol. The normalized spacial score (nSPS) is 12.0. The lowest BCUT2D eigenvalue weighted by Crippen LogP contribution is -2.45. The van der Waals surface area contributed by atoms with Crippen LogP contribution < -0.4 is 11.0 Å². The van der Waals surface area contributed by atoms with Crippen LogP contribution in [0, 0.1) is 6.92 Å². The Balaban J connectivity index is 2.44. The first-order valence-electron chi connectivity index (χ1n) is 6.00. The van der Waals surface area contributed by atoms with Crippen molar-refractivity contribution >= 4 is 11.5 Å². The number of rotatable bonds is 5. The fraction of sp³-hybridized carbons (Fsp3) is 0.545. The molecule has 4 N–H and O–H groups in total. The first-order chi connectivity index (χ1) is 9.05. The summed E-state index contributed by atoms with van der Waals surface area (Å²) in [5.41, 5.74) is -0.757. The van der Waals surface area contributed by atoms with E-state index in [-0.39, 0.29) is 18.9 Å². The molecule has 0 unspecified atom stereocenters. The van der Waals surface area contributed by atoms with Crippen LogP contribution in [-0.2, 0) is 0 Å². The van der Waals surface area contributed by atoms with Gasteiger partial charge in [-0.2, -0.15) is 5.10 Å². The van der Waals surface area contributed by atoms with Crippen molar-refractivity contribution in [2.75, 3.05) is 18.5 Å². The minimum atomic E-state index is -0.839. The van der Waals surface area contributed by atoms with E-state index in [1.165, 1.54) is 4.40 Å². The van der Waals surface area contributed by atoms with Gasteiger partial charge in [-0.15, -0.1) is 0 Å². The van der Waals surface area contributed by atoms with Crippen molar-refractivity contribution in [1.29, 1.82) is 0 Å². The zero-order valence-electron chi connectivity index (χ0n) is 10.8. The Bertz CT molecular complexity index is 621. The summed E-state index contributed by atoms with van der Waals surface area (Å²) < 4.78 is 1.34. The molecule has 8 heteroatoms. The number of fused-ring (bicyclic) bond motifs is 1. The van der Waals surface area contributed by atoms with Crippen LogP contribution in [0.1, 0.15) is 19.2 Å². The fourth-order valence-corrected chi connectivity index (χ4v) is 1.87. The number of H-pyrrole nitrogens is 1. The van der Waals surface area contributed by atoms with Crippen LogP contribution >= 0.6 is 0 Å². The maximum absolute atomic E-state index is 11.5. The van der Waals surface area contributed by atoms with Gasteiger partial charge in [-0.05, 0) is 13.3 Å². The minimum absolute atomic E-state index is 0.223. The maximum Gasteiger partial charge on any atom is 0.349 e. The summed E-state index contributed by atoms with van der Waals surface area (Å²) in [5.74, 6) is 0.925. The van der Waals surface area contributed by atoms with E-state index in [1.807, 2.05) is 6.92 Å². The highest BCUT2D eigenvalue weighted by Gasteiger charge is 2.27. The Kier molecular flexibility index (Phi) is 3.54. The quantitative estimate of drug-likeness (QED) is 0.568. The Hall–Kier alpha value is -1.93. The summed E-state index contributed by atoms with van der Waals surface area (Å²) in [6, 6.07) is 1.58. The van der Waals surface area contributed by atoms with E-state index in [2.05, 4.69) is 20.5 Å². The molecule has 0 radical (unpaired) electrons. The van der Waals surface area contributed by atoms with E-state index >= 15 is 0 Å². The second kappa shape index (κ2) is 4.98. The maximum atomic E-state index is 11.5. The number of aliphatic hydroxyl groups excluding tert-OH is 2. The van der Waals surface area contributed by atoms with Crippen LogP contribution in [0.3, 0.4) is 0 Å². The molecule has 0 aliphatic heterocycles. The average Bonchev–Trinajstić information content (AvgIpc) is 2.78. The number of nitrogens with zero attached hydrogens (tertiary/aromatic N) is 3. The highest BCUT2D eigenvalue weighted by Crippen LogP contribution is 2.17. The summed E-state index contributed by atoms with van der Waals surface area (Å²) in [4.78, 5) is 15.7. The van der Waals surface area contributed by atoms with Crippen molar-refractivity contribution in [1.82, 2.24) is 19.6 Å². The van der Waals surface area contributed by atoms with Crippen LogP contribution in [-0.4, -0.2) is 48.5 Å². The molecule has 0 fully saturated rings. The number of hydrogen-bond acceptors (Lipinski definition) is 6. The predicted molar refractivity (Wildman–Crippen MR) is 69.2 cm³/mol. The van der Waals surface area contributed by atoms with Gasteiger partial charge in [-0.1, -0.05) is 6.92 Å². The van der Waals surface area contributed by atoms with Gasteiger partial charge in [0, 0.05) is 6.07 Å². The predicted octanol–water partition coefficient (Wildman–Crippen LogP) is -0.729.